The number of methoxy groups -OCH3 is 1. The Morgan fingerprint density at radius 3 is 2.16 bits per heavy atom. The lowest BCUT2D eigenvalue weighted by molar-refractivity contribution is -0.137. The second-order valence-electron chi connectivity index (χ2n) is 13.9. The molecule has 0 aliphatic carbocycles. The molecule has 3 heterocycles. The zero-order valence-electron chi connectivity index (χ0n) is 30.6. The molecule has 0 saturated carbocycles. The van der Waals surface area contributed by atoms with E-state index < -0.39 is 22.0 Å². The van der Waals surface area contributed by atoms with Crippen LogP contribution in [0.15, 0.2) is 109 Å². The maximum atomic E-state index is 14.0. The minimum Gasteiger partial charge on any atom is -0.453 e. The molecule has 0 bridgehead atoms. The van der Waals surface area contributed by atoms with Crippen LogP contribution >= 0.6 is 0 Å². The van der Waals surface area contributed by atoms with Crippen LogP contribution in [0.5, 0.6) is 0 Å². The highest BCUT2D eigenvalue weighted by atomic mass is 32.2. The highest BCUT2D eigenvalue weighted by Gasteiger charge is 2.35. The first kappa shape index (κ1) is 37.5. The molecule has 284 valence electrons. The molecule has 2 saturated heterocycles. The van der Waals surface area contributed by atoms with Crippen molar-refractivity contribution in [3.63, 3.8) is 0 Å². The number of amides is 3. The van der Waals surface area contributed by atoms with Crippen LogP contribution in [0.2, 0.25) is 0 Å². The predicted octanol–water partition coefficient (Wildman–Crippen LogP) is 6.38. The van der Waals surface area contributed by atoms with Gasteiger partial charge in [-0.2, -0.15) is 0 Å². The molecule has 2 atom stereocenters. The fourth-order valence-corrected chi connectivity index (χ4v) is 8.40. The highest BCUT2D eigenvalue weighted by Crippen LogP contribution is 2.33. The summed E-state index contributed by atoms with van der Waals surface area (Å²) in [7, 11) is -1.64. The number of hydrogen-bond acceptors (Lipinski definition) is 8. The Labute approximate surface area is 320 Å². The molecule has 12 nitrogen and oxygen atoms in total. The van der Waals surface area contributed by atoms with Gasteiger partial charge in [0.25, 0.3) is 11.8 Å². The van der Waals surface area contributed by atoms with E-state index in [0.29, 0.717) is 48.8 Å². The molecule has 4 aromatic carbocycles. The number of benzene rings is 4. The summed E-state index contributed by atoms with van der Waals surface area (Å²) in [6.45, 7) is 2.29. The van der Waals surface area contributed by atoms with Crippen molar-refractivity contribution in [3.05, 3.63) is 132 Å². The van der Waals surface area contributed by atoms with Gasteiger partial charge in [-0.25, -0.2) is 18.2 Å². The number of ether oxygens (including phenoxy) is 1. The van der Waals surface area contributed by atoms with Gasteiger partial charge in [0.1, 0.15) is 11.9 Å². The first-order valence-electron chi connectivity index (χ1n) is 18.4. The van der Waals surface area contributed by atoms with Crippen LogP contribution in [0.25, 0.3) is 22.4 Å². The Morgan fingerprint density at radius 1 is 0.836 bits per heavy atom. The van der Waals surface area contributed by atoms with E-state index in [1.807, 2.05) is 91.0 Å². The van der Waals surface area contributed by atoms with Gasteiger partial charge in [0, 0.05) is 37.4 Å². The monoisotopic (exact) mass is 760 g/mol. The van der Waals surface area contributed by atoms with Gasteiger partial charge in [-0.1, -0.05) is 78.9 Å². The molecule has 0 unspecified atom stereocenters. The number of sulfone groups is 1. The normalized spacial score (nSPS) is 17.5. The van der Waals surface area contributed by atoms with Gasteiger partial charge in [-0.15, -0.1) is 0 Å². The molecular formula is C42H44N6O6S. The van der Waals surface area contributed by atoms with Gasteiger partial charge in [0.2, 0.25) is 0 Å². The first-order chi connectivity index (χ1) is 26.7. The Kier molecular flexibility index (Phi) is 11.4. The van der Waals surface area contributed by atoms with Crippen LogP contribution < -0.4 is 10.6 Å². The van der Waals surface area contributed by atoms with Gasteiger partial charge in [-0.05, 0) is 71.3 Å². The zero-order valence-corrected chi connectivity index (χ0v) is 31.4. The van der Waals surface area contributed by atoms with Gasteiger partial charge >= 0.3 is 6.09 Å². The second-order valence-corrected chi connectivity index (χ2v) is 16.2. The van der Waals surface area contributed by atoms with E-state index in [1.54, 1.807) is 23.2 Å². The topological polar surface area (TPSA) is 154 Å². The average molecular weight is 761 g/mol. The largest absolute Gasteiger partial charge is 0.453 e. The maximum Gasteiger partial charge on any atom is 0.407 e. The number of hydrogen-bond donors (Lipinski definition) is 3. The Bertz CT molecular complexity index is 2210. The van der Waals surface area contributed by atoms with E-state index in [0.717, 1.165) is 47.2 Å². The zero-order chi connectivity index (χ0) is 38.4. The van der Waals surface area contributed by atoms with Crippen molar-refractivity contribution in [2.75, 3.05) is 43.6 Å². The summed E-state index contributed by atoms with van der Waals surface area (Å²) in [5, 5.41) is 5.67. The second kappa shape index (κ2) is 16.7. The molecule has 0 spiro atoms. The molecule has 1 aromatic heterocycles. The third-order valence-corrected chi connectivity index (χ3v) is 11.9. The summed E-state index contributed by atoms with van der Waals surface area (Å²) in [6, 6.07) is 31.2. The van der Waals surface area contributed by atoms with E-state index in [4.69, 9.17) is 9.72 Å². The molecule has 0 radical (unpaired) electrons. The van der Waals surface area contributed by atoms with Crippen LogP contribution in [0.1, 0.15) is 58.7 Å². The van der Waals surface area contributed by atoms with E-state index in [2.05, 4.69) is 20.5 Å². The number of anilines is 1. The summed E-state index contributed by atoms with van der Waals surface area (Å²) in [5.74, 6) is 0.659. The number of nitrogens with one attached hydrogen (secondary N) is 3. The van der Waals surface area contributed by atoms with Crippen molar-refractivity contribution in [1.29, 1.82) is 0 Å². The molecule has 2 aliphatic heterocycles. The molecular weight excluding hydrogens is 717 g/mol. The fourth-order valence-electron chi connectivity index (χ4n) is 7.13. The molecule has 13 heteroatoms. The van der Waals surface area contributed by atoms with Crippen LogP contribution in [0.3, 0.4) is 0 Å². The number of rotatable bonds is 10. The number of alkyl carbamates (subject to hydrolysis) is 1. The number of imidazole rings is 1. The predicted molar refractivity (Wildman–Crippen MR) is 211 cm³/mol. The number of carbonyl (C=O) groups is 3. The number of aromatic amines is 1. The summed E-state index contributed by atoms with van der Waals surface area (Å²) in [4.78, 5) is 51.3. The summed E-state index contributed by atoms with van der Waals surface area (Å²) in [6.07, 6.45) is 3.66. The van der Waals surface area contributed by atoms with Crippen LogP contribution in [0, 0.1) is 0 Å². The quantitative estimate of drug-likeness (QED) is 0.148. The Hall–Kier alpha value is -5.79. The Morgan fingerprint density at radius 2 is 1.49 bits per heavy atom. The fraction of sp³-hybridized carbons (Fsp3) is 0.286. The molecule has 7 rings (SSSR count). The van der Waals surface area contributed by atoms with Crippen LogP contribution in [0.4, 0.5) is 10.5 Å². The van der Waals surface area contributed by atoms with Crippen molar-refractivity contribution in [2.24, 2.45) is 0 Å². The highest BCUT2D eigenvalue weighted by molar-refractivity contribution is 7.91. The van der Waals surface area contributed by atoms with Crippen molar-refractivity contribution >= 4 is 33.4 Å². The van der Waals surface area contributed by atoms with Gasteiger partial charge < -0.3 is 25.3 Å². The van der Waals surface area contributed by atoms with Gasteiger partial charge in [0.05, 0.1) is 36.5 Å². The lowest BCUT2D eigenvalue weighted by Crippen LogP contribution is -2.46. The van der Waals surface area contributed by atoms with Crippen molar-refractivity contribution < 1.29 is 27.5 Å². The standard InChI is InChI=1S/C42H44N6O6S/c1-54-42(51)46-38(33-7-3-2-4-8-33)41(50)48-22-6-5-9-37(48)39-43-27-36(45-39)32-16-12-30(13-17-32)31-14-18-34(19-15-31)40(49)44-35-20-10-29(11-21-35)28-47-23-25-55(52,53)26-24-47/h2-4,7-8,10-21,27,37-38H,5-6,9,22-26,28H2,1H3,(H,43,45)(H,44,49)(H,46,51)/t37-,38+/m1/s1. The molecule has 2 aliphatic rings. The number of likely N-dealkylation sites (tertiary alicyclic amines) is 1. The maximum absolute atomic E-state index is 14.0. The molecule has 3 amide bonds. The summed E-state index contributed by atoms with van der Waals surface area (Å²) >= 11 is 0. The summed E-state index contributed by atoms with van der Waals surface area (Å²) < 4.78 is 28.2. The summed E-state index contributed by atoms with van der Waals surface area (Å²) in [5.41, 5.74) is 6.69. The molecule has 5 aromatic rings. The molecule has 3 N–H and O–H groups in total. The number of carbonyl (C=O) groups excluding carboxylic acids is 3. The molecule has 55 heavy (non-hydrogen) atoms. The van der Waals surface area contributed by atoms with Crippen molar-refractivity contribution in [3.8, 4) is 22.4 Å². The number of H-pyrrole nitrogens is 1. The van der Waals surface area contributed by atoms with Gasteiger partial charge in [-0.3, -0.25) is 14.5 Å². The number of piperidine rings is 1. The third-order valence-electron chi connectivity index (χ3n) is 10.3. The third kappa shape index (κ3) is 9.13. The van der Waals surface area contributed by atoms with E-state index >= 15 is 0 Å². The molecule has 2 fully saturated rings. The minimum atomic E-state index is -2.91. The number of nitrogens with zero attached hydrogens (tertiary/aromatic N) is 3. The van der Waals surface area contributed by atoms with Crippen LogP contribution in [-0.4, -0.2) is 84.3 Å². The smallest absolute Gasteiger partial charge is 0.407 e. The average Bonchev–Trinajstić information content (AvgIpc) is 3.72. The SMILES string of the molecule is COC(=O)N[C@H](C(=O)N1CCCC[C@@H]1c1ncc(-c2ccc(-c3ccc(C(=O)Nc4ccc(CN5CCS(=O)(=O)CC5)cc4)cc3)cc2)[nH]1)c1ccccc1. The van der Waals surface area contributed by atoms with Crippen molar-refractivity contribution in [1.82, 2.24) is 25.1 Å². The van der Waals surface area contributed by atoms with Crippen molar-refractivity contribution in [2.45, 2.75) is 37.9 Å². The van der Waals surface area contributed by atoms with E-state index in [9.17, 15) is 22.8 Å². The minimum absolute atomic E-state index is 0.195. The number of aromatic nitrogens is 2. The lowest BCUT2D eigenvalue weighted by atomic mass is 9.98. The van der Waals surface area contributed by atoms with Crippen LogP contribution in [-0.2, 0) is 25.9 Å². The Balaban J connectivity index is 0.972. The van der Waals surface area contributed by atoms with E-state index in [-0.39, 0.29) is 29.4 Å². The van der Waals surface area contributed by atoms with E-state index in [1.165, 1.54) is 7.11 Å². The first-order valence-corrected chi connectivity index (χ1v) is 20.3. The lowest BCUT2D eigenvalue weighted by Gasteiger charge is -2.37. The van der Waals surface area contributed by atoms with Gasteiger partial charge in [0.15, 0.2) is 9.84 Å².